The molecule has 0 bridgehead atoms. The van der Waals surface area contributed by atoms with Gasteiger partial charge in [0.2, 0.25) is 0 Å². The lowest BCUT2D eigenvalue weighted by molar-refractivity contribution is 0.0584. The molecule has 0 aromatic rings. The third-order valence-corrected chi connectivity index (χ3v) is 0.780. The Morgan fingerprint density at radius 2 is 1.00 bits per heavy atom. The Balaban J connectivity index is -0.0000000817. The third-order valence-electron chi connectivity index (χ3n) is 0.780. The molecule has 0 saturated heterocycles. The van der Waals surface area contributed by atoms with Gasteiger partial charge in [-0.1, -0.05) is 22.3 Å². The van der Waals surface area contributed by atoms with Crippen molar-refractivity contribution in [2.45, 2.75) is 36.1 Å². The first-order valence-electron chi connectivity index (χ1n) is 3.07. The lowest BCUT2D eigenvalue weighted by Gasteiger charge is -1.99. The first-order chi connectivity index (χ1) is 3.91. The van der Waals surface area contributed by atoms with E-state index in [0.717, 1.165) is 26.4 Å². The van der Waals surface area contributed by atoms with Crippen molar-refractivity contribution in [2.24, 2.45) is 0 Å². The van der Waals surface area contributed by atoms with Crippen LogP contribution < -0.4 is 0 Å². The molecule has 2 heteroatoms. The van der Waals surface area contributed by atoms with Crippen LogP contribution in [-0.2, 0) is 9.47 Å². The van der Waals surface area contributed by atoms with Gasteiger partial charge in [0, 0.05) is 13.2 Å². The fourth-order valence-corrected chi connectivity index (χ4v) is 0.407. The van der Waals surface area contributed by atoms with Gasteiger partial charge in [-0.25, -0.2) is 0 Å². The van der Waals surface area contributed by atoms with Gasteiger partial charge in [0.25, 0.3) is 0 Å². The molecule has 0 aliphatic carbocycles. The van der Waals surface area contributed by atoms with E-state index in [0.29, 0.717) is 0 Å². The molecule has 0 aliphatic heterocycles. The van der Waals surface area contributed by atoms with Crippen LogP contribution in [0.15, 0.2) is 0 Å². The van der Waals surface area contributed by atoms with E-state index in [1.807, 2.05) is 13.8 Å². The van der Waals surface area contributed by atoms with Crippen LogP contribution in [0.1, 0.15) is 36.1 Å². The summed E-state index contributed by atoms with van der Waals surface area (Å²) in [5.74, 6) is 0. The predicted octanol–water partition coefficient (Wildman–Crippen LogP) is 2.97. The molecule has 0 heterocycles. The van der Waals surface area contributed by atoms with E-state index in [2.05, 4.69) is 0 Å². The summed E-state index contributed by atoms with van der Waals surface area (Å²) < 4.78 is 10.0. The minimum Gasteiger partial charge on any atom is -0.379 e. The maximum absolute atomic E-state index is 5.01. The highest BCUT2D eigenvalue weighted by Crippen LogP contribution is 1.75. The molecular weight excluding hydrogens is 140 g/mol. The molecule has 0 atom stereocenters. The normalized spacial score (nSPS) is 7.09. The minimum atomic E-state index is 0. The molecule has 0 N–H and O–H groups in total. The van der Waals surface area contributed by atoms with Crippen LogP contribution in [0, 0.1) is 0 Å². The zero-order chi connectivity index (χ0) is 6.24. The van der Waals surface area contributed by atoms with Crippen molar-refractivity contribution in [3.63, 3.8) is 0 Å². The lowest BCUT2D eigenvalue weighted by Crippen LogP contribution is -2.02. The van der Waals surface area contributed by atoms with Crippen molar-refractivity contribution in [3.05, 3.63) is 0 Å². The van der Waals surface area contributed by atoms with Crippen LogP contribution >= 0.6 is 0 Å². The highest BCUT2D eigenvalue weighted by molar-refractivity contribution is 4.24. The highest BCUT2D eigenvalue weighted by atomic mass is 16.5. The summed E-state index contributed by atoms with van der Waals surface area (Å²) in [5.41, 5.74) is 0. The molecule has 0 radical (unpaired) electrons. The summed E-state index contributed by atoms with van der Waals surface area (Å²) in [6, 6.07) is 0. The maximum atomic E-state index is 5.01. The van der Waals surface area contributed by atoms with E-state index in [9.17, 15) is 0 Å². The highest BCUT2D eigenvalue weighted by Gasteiger charge is 1.81. The Morgan fingerprint density at radius 3 is 1.18 bits per heavy atom. The number of ether oxygens (including phenoxy) is 2. The average Bonchev–Trinajstić information content (AvgIpc) is 1.81. The summed E-state index contributed by atoms with van der Waals surface area (Å²) in [6.45, 7) is 6.98. The van der Waals surface area contributed by atoms with Crippen LogP contribution in [0.2, 0.25) is 0 Å². The van der Waals surface area contributed by atoms with Gasteiger partial charge in [-0.3, -0.25) is 0 Å². The van der Waals surface area contributed by atoms with Crippen molar-refractivity contribution in [2.75, 3.05) is 26.4 Å². The number of rotatable bonds is 5. The van der Waals surface area contributed by atoms with Crippen molar-refractivity contribution >= 4 is 0 Å². The van der Waals surface area contributed by atoms with Crippen molar-refractivity contribution in [3.8, 4) is 0 Å². The van der Waals surface area contributed by atoms with Gasteiger partial charge in [-0.2, -0.15) is 0 Å². The lowest BCUT2D eigenvalue weighted by atomic mass is 10.7. The third kappa shape index (κ3) is 25.7. The second-order valence-electron chi connectivity index (χ2n) is 1.39. The van der Waals surface area contributed by atoms with E-state index < -0.39 is 0 Å². The molecule has 0 aromatic heterocycles. The number of hydrogen-bond donors (Lipinski definition) is 0. The van der Waals surface area contributed by atoms with Crippen LogP contribution in [-0.4, -0.2) is 26.4 Å². The maximum Gasteiger partial charge on any atom is 0.0700 e. The van der Waals surface area contributed by atoms with Crippen molar-refractivity contribution in [1.29, 1.82) is 0 Å². The minimum absolute atomic E-state index is 0. The van der Waals surface area contributed by atoms with Gasteiger partial charge in [0.15, 0.2) is 0 Å². The fraction of sp³-hybridized carbons (Fsp3) is 1.00. The van der Waals surface area contributed by atoms with Crippen LogP contribution in [0.4, 0.5) is 0 Å². The van der Waals surface area contributed by atoms with Gasteiger partial charge >= 0.3 is 0 Å². The molecule has 11 heavy (non-hydrogen) atoms. The standard InChI is InChI=1S/C6H14O2.3CH4/c1-3-7-5-6-8-4-2;;;/h3-6H2,1-2H3;3*1H4. The van der Waals surface area contributed by atoms with E-state index >= 15 is 0 Å². The zero-order valence-electron chi connectivity index (χ0n) is 5.64. The molecule has 0 spiro atoms. The number of hydrogen-bond acceptors (Lipinski definition) is 2. The Labute approximate surface area is 72.9 Å². The van der Waals surface area contributed by atoms with E-state index in [-0.39, 0.29) is 22.3 Å². The van der Waals surface area contributed by atoms with E-state index in [1.165, 1.54) is 0 Å². The van der Waals surface area contributed by atoms with E-state index in [4.69, 9.17) is 9.47 Å². The SMILES string of the molecule is C.C.C.CCOCCOCC. The summed E-state index contributed by atoms with van der Waals surface area (Å²) in [4.78, 5) is 0. The molecular formula is C9H26O2. The van der Waals surface area contributed by atoms with Gasteiger partial charge in [-0.15, -0.1) is 0 Å². The van der Waals surface area contributed by atoms with Crippen molar-refractivity contribution in [1.82, 2.24) is 0 Å². The molecule has 0 unspecified atom stereocenters. The first-order valence-corrected chi connectivity index (χ1v) is 3.07. The Morgan fingerprint density at radius 1 is 0.727 bits per heavy atom. The van der Waals surface area contributed by atoms with Gasteiger partial charge < -0.3 is 9.47 Å². The summed E-state index contributed by atoms with van der Waals surface area (Å²) in [6.07, 6.45) is 0. The molecule has 0 aromatic carbocycles. The smallest absolute Gasteiger partial charge is 0.0700 e. The quantitative estimate of drug-likeness (QED) is 0.585. The van der Waals surface area contributed by atoms with Crippen LogP contribution in [0.5, 0.6) is 0 Å². The van der Waals surface area contributed by atoms with Crippen LogP contribution in [0.3, 0.4) is 0 Å². The Hall–Kier alpha value is -0.0800. The Bertz CT molecular complexity index is 32.5. The summed E-state index contributed by atoms with van der Waals surface area (Å²) in [7, 11) is 0. The molecule has 2 nitrogen and oxygen atoms in total. The first kappa shape index (κ1) is 22.4. The molecule has 0 aliphatic rings. The monoisotopic (exact) mass is 166 g/mol. The summed E-state index contributed by atoms with van der Waals surface area (Å²) >= 11 is 0. The van der Waals surface area contributed by atoms with Crippen LogP contribution in [0.25, 0.3) is 0 Å². The predicted molar refractivity (Wildman–Crippen MR) is 53.2 cm³/mol. The molecule has 74 valence electrons. The Kier molecular flexibility index (Phi) is 45.9. The topological polar surface area (TPSA) is 18.5 Å². The van der Waals surface area contributed by atoms with E-state index in [1.54, 1.807) is 0 Å². The zero-order valence-corrected chi connectivity index (χ0v) is 5.64. The second-order valence-corrected chi connectivity index (χ2v) is 1.39. The second kappa shape index (κ2) is 22.5. The van der Waals surface area contributed by atoms with Gasteiger partial charge in [-0.05, 0) is 13.8 Å². The molecule has 0 rings (SSSR count). The largest absolute Gasteiger partial charge is 0.379 e. The molecule has 0 amide bonds. The summed E-state index contributed by atoms with van der Waals surface area (Å²) in [5, 5.41) is 0. The molecule has 0 saturated carbocycles. The molecule has 0 fully saturated rings. The van der Waals surface area contributed by atoms with Gasteiger partial charge in [0.1, 0.15) is 0 Å². The fourth-order valence-electron chi connectivity index (χ4n) is 0.407. The average molecular weight is 166 g/mol. The van der Waals surface area contributed by atoms with Crippen molar-refractivity contribution < 1.29 is 9.47 Å². The van der Waals surface area contributed by atoms with Gasteiger partial charge in [0.05, 0.1) is 13.2 Å².